The highest BCUT2D eigenvalue weighted by atomic mass is 16.5. The number of methoxy groups -OCH3 is 1. The van der Waals surface area contributed by atoms with Crippen LogP contribution in [0.15, 0.2) is 83.4 Å². The van der Waals surface area contributed by atoms with E-state index in [1.54, 1.807) is 19.2 Å². The Hall–Kier alpha value is -4.13. The molecular formula is C25H24N4O3. The lowest BCUT2D eigenvalue weighted by molar-refractivity contribution is 0.243. The van der Waals surface area contributed by atoms with Crippen molar-refractivity contribution in [3.63, 3.8) is 0 Å². The number of nitrogens with one attached hydrogen (secondary N) is 2. The number of amides is 2. The molecule has 3 aromatic carbocycles. The van der Waals surface area contributed by atoms with Gasteiger partial charge in [0.25, 0.3) is 0 Å². The van der Waals surface area contributed by atoms with E-state index < -0.39 is 6.04 Å². The number of anilines is 1. The monoisotopic (exact) mass is 428 g/mol. The van der Waals surface area contributed by atoms with Gasteiger partial charge in [-0.2, -0.15) is 4.98 Å². The first-order valence-corrected chi connectivity index (χ1v) is 10.3. The zero-order valence-corrected chi connectivity index (χ0v) is 17.9. The number of urea groups is 1. The molecule has 0 bridgehead atoms. The van der Waals surface area contributed by atoms with Crippen molar-refractivity contribution in [2.24, 2.45) is 0 Å². The highest BCUT2D eigenvalue weighted by Crippen LogP contribution is 2.23. The van der Waals surface area contributed by atoms with Gasteiger partial charge in [0, 0.05) is 23.7 Å². The number of carbonyl (C=O) groups excluding carboxylic acids is 1. The summed E-state index contributed by atoms with van der Waals surface area (Å²) in [6, 6.07) is 24.0. The molecule has 1 unspecified atom stereocenters. The molecule has 4 aromatic rings. The van der Waals surface area contributed by atoms with Crippen LogP contribution >= 0.6 is 0 Å². The van der Waals surface area contributed by atoms with Gasteiger partial charge in [0.15, 0.2) is 0 Å². The molecule has 0 aliphatic heterocycles. The van der Waals surface area contributed by atoms with Crippen molar-refractivity contribution in [1.82, 2.24) is 15.5 Å². The number of aryl methyl sites for hydroxylation is 1. The van der Waals surface area contributed by atoms with Crippen LogP contribution in [-0.2, 0) is 6.42 Å². The van der Waals surface area contributed by atoms with Gasteiger partial charge in [-0.15, -0.1) is 0 Å². The average molecular weight is 428 g/mol. The van der Waals surface area contributed by atoms with E-state index >= 15 is 0 Å². The molecule has 1 heterocycles. The Morgan fingerprint density at radius 3 is 2.62 bits per heavy atom. The first-order chi connectivity index (χ1) is 15.6. The summed E-state index contributed by atoms with van der Waals surface area (Å²) in [6.07, 6.45) is 0.502. The molecule has 0 saturated carbocycles. The highest BCUT2D eigenvalue weighted by molar-refractivity contribution is 5.89. The van der Waals surface area contributed by atoms with E-state index in [-0.39, 0.29) is 6.03 Å². The van der Waals surface area contributed by atoms with Crippen LogP contribution in [0, 0.1) is 6.92 Å². The topological polar surface area (TPSA) is 89.3 Å². The van der Waals surface area contributed by atoms with Crippen LogP contribution in [0.4, 0.5) is 10.5 Å². The molecule has 162 valence electrons. The minimum Gasteiger partial charge on any atom is -0.497 e. The second-order valence-corrected chi connectivity index (χ2v) is 7.40. The summed E-state index contributed by atoms with van der Waals surface area (Å²) >= 11 is 0. The summed E-state index contributed by atoms with van der Waals surface area (Å²) in [5, 5.41) is 9.92. The molecular weight excluding hydrogens is 404 g/mol. The van der Waals surface area contributed by atoms with Crippen molar-refractivity contribution >= 4 is 11.7 Å². The van der Waals surface area contributed by atoms with Crippen LogP contribution in [0.1, 0.15) is 23.1 Å². The quantitative estimate of drug-likeness (QED) is 0.424. The Morgan fingerprint density at radius 1 is 1.03 bits per heavy atom. The van der Waals surface area contributed by atoms with Crippen molar-refractivity contribution in [1.29, 1.82) is 0 Å². The number of hydrogen-bond acceptors (Lipinski definition) is 5. The lowest BCUT2D eigenvalue weighted by atomic mass is 10.1. The molecule has 0 radical (unpaired) electrons. The predicted octanol–water partition coefficient (Wildman–Crippen LogP) is 5.16. The molecule has 0 aliphatic rings. The second kappa shape index (κ2) is 9.78. The van der Waals surface area contributed by atoms with Crippen molar-refractivity contribution in [2.75, 3.05) is 12.4 Å². The second-order valence-electron chi connectivity index (χ2n) is 7.40. The fraction of sp³-hybridized carbons (Fsp3) is 0.160. The maximum atomic E-state index is 12.8. The van der Waals surface area contributed by atoms with Crippen molar-refractivity contribution in [3.8, 4) is 17.1 Å². The third-order valence-corrected chi connectivity index (χ3v) is 4.93. The summed E-state index contributed by atoms with van der Waals surface area (Å²) in [6.45, 7) is 2.01. The maximum Gasteiger partial charge on any atom is 0.319 e. The number of aromatic nitrogens is 2. The Labute approximate surface area is 186 Å². The van der Waals surface area contributed by atoms with Gasteiger partial charge in [0.1, 0.15) is 11.8 Å². The Bertz CT molecular complexity index is 1190. The highest BCUT2D eigenvalue weighted by Gasteiger charge is 2.22. The molecule has 1 aromatic heterocycles. The Kier molecular flexibility index (Phi) is 6.46. The van der Waals surface area contributed by atoms with Crippen LogP contribution in [0.5, 0.6) is 5.75 Å². The minimum atomic E-state index is -0.505. The molecule has 32 heavy (non-hydrogen) atoms. The van der Waals surface area contributed by atoms with Gasteiger partial charge in [-0.05, 0) is 30.7 Å². The summed E-state index contributed by atoms with van der Waals surface area (Å²) < 4.78 is 10.8. The van der Waals surface area contributed by atoms with E-state index in [2.05, 4.69) is 20.8 Å². The molecule has 2 N–H and O–H groups in total. The summed E-state index contributed by atoms with van der Waals surface area (Å²) in [4.78, 5) is 17.3. The van der Waals surface area contributed by atoms with Gasteiger partial charge < -0.3 is 19.9 Å². The third kappa shape index (κ3) is 5.31. The number of ether oxygens (including phenoxy) is 1. The average Bonchev–Trinajstić information content (AvgIpc) is 3.30. The third-order valence-electron chi connectivity index (χ3n) is 4.93. The Balaban J connectivity index is 1.55. The van der Waals surface area contributed by atoms with E-state index in [1.807, 2.05) is 73.7 Å². The lowest BCUT2D eigenvalue weighted by Crippen LogP contribution is -2.34. The summed E-state index contributed by atoms with van der Waals surface area (Å²) in [5.41, 5.74) is 3.62. The fourth-order valence-corrected chi connectivity index (χ4v) is 3.35. The molecule has 0 spiro atoms. The lowest BCUT2D eigenvalue weighted by Gasteiger charge is -2.16. The number of carbonyl (C=O) groups is 1. The molecule has 4 rings (SSSR count). The summed E-state index contributed by atoms with van der Waals surface area (Å²) in [7, 11) is 1.58. The van der Waals surface area contributed by atoms with Gasteiger partial charge in [-0.3, -0.25) is 0 Å². The standard InChI is InChI=1S/C25H24N4O3/c1-17-8-6-11-19(14-17)23-28-24(32-29-23)22(15-18-9-4-3-5-10-18)27-25(30)26-20-12-7-13-21(16-20)31-2/h3-14,16,22H,15H2,1-2H3,(H2,26,27,30). The van der Waals surface area contributed by atoms with Crippen molar-refractivity contribution in [3.05, 3.63) is 95.9 Å². The normalized spacial score (nSPS) is 11.6. The fourth-order valence-electron chi connectivity index (χ4n) is 3.35. The molecule has 7 heteroatoms. The molecule has 0 fully saturated rings. The van der Waals surface area contributed by atoms with E-state index in [0.29, 0.717) is 29.6 Å². The van der Waals surface area contributed by atoms with Gasteiger partial charge in [-0.25, -0.2) is 4.79 Å². The van der Waals surface area contributed by atoms with Gasteiger partial charge in [0.05, 0.1) is 7.11 Å². The SMILES string of the molecule is COc1cccc(NC(=O)NC(Cc2ccccc2)c2nc(-c3cccc(C)c3)no2)c1. The molecule has 0 saturated heterocycles. The van der Waals surface area contributed by atoms with Crippen LogP contribution in [0.3, 0.4) is 0 Å². The number of nitrogens with zero attached hydrogens (tertiary/aromatic N) is 2. The minimum absolute atomic E-state index is 0.339. The maximum absolute atomic E-state index is 12.8. The molecule has 2 amide bonds. The van der Waals surface area contributed by atoms with E-state index in [1.165, 1.54) is 0 Å². The van der Waals surface area contributed by atoms with Crippen LogP contribution in [0.25, 0.3) is 11.4 Å². The van der Waals surface area contributed by atoms with Crippen molar-refractivity contribution < 1.29 is 14.1 Å². The smallest absolute Gasteiger partial charge is 0.319 e. The molecule has 1 atom stereocenters. The first kappa shape index (κ1) is 21.1. The van der Waals surface area contributed by atoms with Crippen molar-refractivity contribution in [2.45, 2.75) is 19.4 Å². The number of benzene rings is 3. The van der Waals surface area contributed by atoms with E-state index in [0.717, 1.165) is 16.7 Å². The zero-order valence-electron chi connectivity index (χ0n) is 17.9. The van der Waals surface area contributed by atoms with Crippen LogP contribution in [-0.4, -0.2) is 23.3 Å². The first-order valence-electron chi connectivity index (χ1n) is 10.3. The van der Waals surface area contributed by atoms with E-state index in [4.69, 9.17) is 9.26 Å². The van der Waals surface area contributed by atoms with Crippen LogP contribution in [0.2, 0.25) is 0 Å². The predicted molar refractivity (Wildman–Crippen MR) is 123 cm³/mol. The largest absolute Gasteiger partial charge is 0.497 e. The van der Waals surface area contributed by atoms with E-state index in [9.17, 15) is 4.79 Å². The van der Waals surface area contributed by atoms with Gasteiger partial charge in [-0.1, -0.05) is 65.3 Å². The summed E-state index contributed by atoms with van der Waals surface area (Å²) in [5.74, 6) is 1.48. The molecule has 0 aliphatic carbocycles. The number of rotatable bonds is 7. The van der Waals surface area contributed by atoms with Crippen LogP contribution < -0.4 is 15.4 Å². The molecule has 7 nitrogen and oxygen atoms in total. The number of hydrogen-bond donors (Lipinski definition) is 2. The zero-order chi connectivity index (χ0) is 22.3. The Morgan fingerprint density at radius 2 is 1.84 bits per heavy atom. The van der Waals surface area contributed by atoms with Gasteiger partial charge in [0.2, 0.25) is 11.7 Å². The van der Waals surface area contributed by atoms with Gasteiger partial charge >= 0.3 is 6.03 Å².